The average molecular weight is 265 g/mol. The molecule has 18 heavy (non-hydrogen) atoms. The van der Waals surface area contributed by atoms with Gasteiger partial charge < -0.3 is 10.0 Å². The van der Waals surface area contributed by atoms with Crippen LogP contribution in [-0.2, 0) is 0 Å². The van der Waals surface area contributed by atoms with Crippen molar-refractivity contribution < 1.29 is 5.11 Å². The van der Waals surface area contributed by atoms with Crippen LogP contribution in [0.15, 0.2) is 18.2 Å². The molecule has 1 aromatic carbocycles. The number of rotatable bonds is 3. The molecule has 96 valence electrons. The third-order valence-corrected chi connectivity index (χ3v) is 3.82. The number of anilines is 1. The summed E-state index contributed by atoms with van der Waals surface area (Å²) in [5.74, 6) is 0. The van der Waals surface area contributed by atoms with E-state index in [4.69, 9.17) is 16.7 Å². The molecule has 0 bridgehead atoms. The van der Waals surface area contributed by atoms with Gasteiger partial charge >= 0.3 is 0 Å². The average Bonchev–Trinajstić information content (AvgIpc) is 2.39. The lowest BCUT2D eigenvalue weighted by molar-refractivity contribution is 0.262. The molecular weight excluding hydrogens is 248 g/mol. The zero-order valence-electron chi connectivity index (χ0n) is 10.3. The Balaban J connectivity index is 2.34. The molecule has 0 amide bonds. The third kappa shape index (κ3) is 2.60. The minimum Gasteiger partial charge on any atom is -0.396 e. The van der Waals surface area contributed by atoms with E-state index in [1.165, 1.54) is 6.42 Å². The van der Waals surface area contributed by atoms with Crippen molar-refractivity contribution in [3.63, 3.8) is 0 Å². The van der Waals surface area contributed by atoms with E-state index in [-0.39, 0.29) is 6.61 Å². The van der Waals surface area contributed by atoms with Gasteiger partial charge in [-0.2, -0.15) is 5.26 Å². The van der Waals surface area contributed by atoms with Gasteiger partial charge in [-0.1, -0.05) is 17.7 Å². The maximum atomic E-state index is 9.24. The molecule has 0 saturated carbocycles. The Labute approximate surface area is 113 Å². The van der Waals surface area contributed by atoms with E-state index in [9.17, 15) is 5.26 Å². The molecule has 1 unspecified atom stereocenters. The molecule has 4 heteroatoms. The van der Waals surface area contributed by atoms with Crippen LogP contribution in [0.3, 0.4) is 0 Å². The van der Waals surface area contributed by atoms with Crippen molar-refractivity contribution in [1.29, 1.82) is 5.26 Å². The van der Waals surface area contributed by atoms with Crippen LogP contribution in [-0.4, -0.2) is 24.3 Å². The zero-order valence-corrected chi connectivity index (χ0v) is 11.0. The number of halogens is 1. The van der Waals surface area contributed by atoms with Crippen LogP contribution in [0, 0.1) is 11.3 Å². The van der Waals surface area contributed by atoms with E-state index < -0.39 is 0 Å². The number of aliphatic hydroxyl groups is 1. The Morgan fingerprint density at radius 3 is 3.00 bits per heavy atom. The number of nitriles is 1. The second-order valence-electron chi connectivity index (χ2n) is 4.60. The smallest absolute Gasteiger partial charge is 0.103 e. The van der Waals surface area contributed by atoms with E-state index in [1.807, 2.05) is 12.1 Å². The molecule has 0 radical (unpaired) electrons. The van der Waals surface area contributed by atoms with Crippen molar-refractivity contribution in [2.75, 3.05) is 18.1 Å². The quantitative estimate of drug-likeness (QED) is 0.913. The van der Waals surface area contributed by atoms with E-state index in [2.05, 4.69) is 11.0 Å². The lowest BCUT2D eigenvalue weighted by Gasteiger charge is -2.38. The molecule has 1 N–H and O–H groups in total. The highest BCUT2D eigenvalue weighted by Gasteiger charge is 2.24. The Morgan fingerprint density at radius 2 is 2.28 bits per heavy atom. The van der Waals surface area contributed by atoms with Gasteiger partial charge in [0.05, 0.1) is 16.3 Å². The van der Waals surface area contributed by atoms with Crippen LogP contribution < -0.4 is 4.90 Å². The standard InChI is InChI=1S/C14H17ClN2O/c15-13-5-3-6-14(12(13)10-16)17-8-2-1-4-11(17)7-9-18/h3,5-6,11,18H,1-2,4,7-9H2. The maximum Gasteiger partial charge on any atom is 0.103 e. The van der Waals surface area contributed by atoms with Gasteiger partial charge in [-0.15, -0.1) is 0 Å². The fourth-order valence-corrected chi connectivity index (χ4v) is 2.84. The summed E-state index contributed by atoms with van der Waals surface area (Å²) < 4.78 is 0. The molecule has 1 aromatic rings. The molecule has 1 fully saturated rings. The van der Waals surface area contributed by atoms with Gasteiger partial charge in [0.15, 0.2) is 0 Å². The molecule has 0 aromatic heterocycles. The third-order valence-electron chi connectivity index (χ3n) is 3.50. The molecule has 1 aliphatic rings. The van der Waals surface area contributed by atoms with Gasteiger partial charge in [-0.25, -0.2) is 0 Å². The maximum absolute atomic E-state index is 9.24. The first-order valence-electron chi connectivity index (χ1n) is 6.34. The Hall–Kier alpha value is -1.24. The highest BCUT2D eigenvalue weighted by atomic mass is 35.5. The summed E-state index contributed by atoms with van der Waals surface area (Å²) in [6.07, 6.45) is 4.12. The first kappa shape index (κ1) is 13.2. The molecule has 3 nitrogen and oxygen atoms in total. The van der Waals surface area contributed by atoms with Crippen molar-refractivity contribution in [1.82, 2.24) is 0 Å². The summed E-state index contributed by atoms with van der Waals surface area (Å²) in [6, 6.07) is 8.07. The predicted molar refractivity (Wildman–Crippen MR) is 72.9 cm³/mol. The van der Waals surface area contributed by atoms with Crippen molar-refractivity contribution >= 4 is 17.3 Å². The van der Waals surface area contributed by atoms with Gasteiger partial charge in [-0.05, 0) is 37.8 Å². The minimum absolute atomic E-state index is 0.184. The topological polar surface area (TPSA) is 47.3 Å². The summed E-state index contributed by atoms with van der Waals surface area (Å²) in [6.45, 7) is 1.11. The minimum atomic E-state index is 0.184. The molecule has 1 saturated heterocycles. The highest BCUT2D eigenvalue weighted by molar-refractivity contribution is 6.32. The van der Waals surface area contributed by atoms with Gasteiger partial charge in [0.25, 0.3) is 0 Å². The lowest BCUT2D eigenvalue weighted by Crippen LogP contribution is -2.40. The number of aliphatic hydroxyl groups excluding tert-OH is 1. The number of nitrogens with zero attached hydrogens (tertiary/aromatic N) is 2. The fourth-order valence-electron chi connectivity index (χ4n) is 2.63. The van der Waals surface area contributed by atoms with Crippen molar-refractivity contribution in [3.8, 4) is 6.07 Å². The van der Waals surface area contributed by atoms with E-state index >= 15 is 0 Å². The van der Waals surface area contributed by atoms with Crippen LogP contribution in [0.2, 0.25) is 5.02 Å². The molecule has 0 spiro atoms. The first-order chi connectivity index (χ1) is 8.77. The van der Waals surface area contributed by atoms with Crippen LogP contribution in [0.1, 0.15) is 31.2 Å². The Kier molecular flexibility index (Phi) is 4.46. The molecule has 0 aliphatic carbocycles. The van der Waals surface area contributed by atoms with Gasteiger partial charge in [0.1, 0.15) is 6.07 Å². The van der Waals surface area contributed by atoms with E-state index in [0.29, 0.717) is 16.6 Å². The molecule has 1 aliphatic heterocycles. The number of benzene rings is 1. The van der Waals surface area contributed by atoms with Crippen LogP contribution in [0.5, 0.6) is 0 Å². The van der Waals surface area contributed by atoms with Gasteiger partial charge in [0, 0.05) is 19.2 Å². The van der Waals surface area contributed by atoms with Crippen LogP contribution in [0.25, 0.3) is 0 Å². The largest absolute Gasteiger partial charge is 0.396 e. The second-order valence-corrected chi connectivity index (χ2v) is 5.01. The molecule has 2 rings (SSSR count). The summed E-state index contributed by atoms with van der Waals surface area (Å²) in [4.78, 5) is 2.23. The monoisotopic (exact) mass is 264 g/mol. The first-order valence-corrected chi connectivity index (χ1v) is 6.72. The summed E-state index contributed by atoms with van der Waals surface area (Å²) in [7, 11) is 0. The molecular formula is C14H17ClN2O. The second kappa shape index (κ2) is 6.08. The summed E-state index contributed by atoms with van der Waals surface area (Å²) in [5, 5.41) is 18.9. The lowest BCUT2D eigenvalue weighted by atomic mass is 9.97. The number of hydrogen-bond acceptors (Lipinski definition) is 3. The SMILES string of the molecule is N#Cc1c(Cl)cccc1N1CCCCC1CCO. The van der Waals surface area contributed by atoms with Crippen molar-refractivity contribution in [2.24, 2.45) is 0 Å². The number of piperidine rings is 1. The summed E-state index contributed by atoms with van der Waals surface area (Å²) in [5.41, 5.74) is 1.45. The van der Waals surface area contributed by atoms with Crippen LogP contribution >= 0.6 is 11.6 Å². The van der Waals surface area contributed by atoms with Crippen molar-refractivity contribution in [2.45, 2.75) is 31.7 Å². The van der Waals surface area contributed by atoms with E-state index in [0.717, 1.165) is 31.5 Å². The Bertz CT molecular complexity index is 454. The van der Waals surface area contributed by atoms with Crippen LogP contribution in [0.4, 0.5) is 5.69 Å². The molecule has 1 atom stereocenters. The Morgan fingerprint density at radius 1 is 1.44 bits per heavy atom. The predicted octanol–water partition coefficient (Wildman–Crippen LogP) is 2.95. The van der Waals surface area contributed by atoms with Crippen molar-refractivity contribution in [3.05, 3.63) is 28.8 Å². The normalized spacial score (nSPS) is 19.6. The van der Waals surface area contributed by atoms with E-state index in [1.54, 1.807) is 6.07 Å². The fraction of sp³-hybridized carbons (Fsp3) is 0.500. The molecule has 1 heterocycles. The van der Waals surface area contributed by atoms with Gasteiger partial charge in [-0.3, -0.25) is 0 Å². The zero-order chi connectivity index (χ0) is 13.0. The number of hydrogen-bond donors (Lipinski definition) is 1. The highest BCUT2D eigenvalue weighted by Crippen LogP contribution is 2.32. The summed E-state index contributed by atoms with van der Waals surface area (Å²) >= 11 is 6.07. The van der Waals surface area contributed by atoms with Gasteiger partial charge in [0.2, 0.25) is 0 Å².